The lowest BCUT2D eigenvalue weighted by Gasteiger charge is -2.18. The molecule has 0 atom stereocenters. The number of carbonyl (C=O) groups excluding carboxylic acids is 1. The van der Waals surface area contributed by atoms with E-state index in [1.807, 2.05) is 28.1 Å². The number of hydrogen-bond acceptors (Lipinski definition) is 5. The maximum absolute atomic E-state index is 14.3. The summed E-state index contributed by atoms with van der Waals surface area (Å²) in [6.45, 7) is -0.673. The molecule has 2 heterocycles. The molecule has 0 radical (unpaired) electrons. The number of benzene rings is 1. The van der Waals surface area contributed by atoms with Gasteiger partial charge < -0.3 is 10.4 Å². The highest BCUT2D eigenvalue weighted by Gasteiger charge is 2.35. The number of aromatic nitrogens is 2. The molecule has 12 heteroatoms. The van der Waals surface area contributed by atoms with E-state index in [-0.39, 0.29) is 23.6 Å². The molecule has 0 aliphatic carbocycles. The fourth-order valence-corrected chi connectivity index (χ4v) is 3.01. The molecule has 3 N–H and O–H groups in total. The number of halogens is 5. The first-order valence-electron chi connectivity index (χ1n) is 8.03. The van der Waals surface area contributed by atoms with E-state index in [2.05, 4.69) is 10.3 Å². The fraction of sp³-hybridized carbons (Fsp3) is 0.176. The molecule has 0 saturated heterocycles. The van der Waals surface area contributed by atoms with Crippen molar-refractivity contribution in [3.05, 3.63) is 57.3 Å². The second-order valence-electron chi connectivity index (χ2n) is 5.72. The number of hydroxylamine groups is 1. The summed E-state index contributed by atoms with van der Waals surface area (Å²) < 4.78 is 56.4. The molecule has 0 saturated carbocycles. The van der Waals surface area contributed by atoms with Gasteiger partial charge in [-0.2, -0.15) is 13.2 Å². The molecule has 3 aromatic rings. The van der Waals surface area contributed by atoms with Crippen LogP contribution in [0.15, 0.2) is 36.8 Å². The lowest BCUT2D eigenvalue weighted by Crippen LogP contribution is -2.27. The molecule has 154 valence electrons. The van der Waals surface area contributed by atoms with Crippen LogP contribution in [0, 0.1) is 9.39 Å². The lowest BCUT2D eigenvalue weighted by molar-refractivity contribution is -0.136. The summed E-state index contributed by atoms with van der Waals surface area (Å²) in [5.74, 6) is -1.82. The highest BCUT2D eigenvalue weighted by molar-refractivity contribution is 14.1. The van der Waals surface area contributed by atoms with Gasteiger partial charge in [0.15, 0.2) is 0 Å². The normalized spacial score (nSPS) is 11.7. The molecule has 29 heavy (non-hydrogen) atoms. The van der Waals surface area contributed by atoms with E-state index in [4.69, 9.17) is 9.94 Å². The van der Waals surface area contributed by atoms with E-state index in [0.29, 0.717) is 9.64 Å². The SMILES string of the molecule is O=C(NOCCO)c1cc(C(F)(F)F)c2cncn2c1Nc1ccc(I)cc1F. The second-order valence-corrected chi connectivity index (χ2v) is 6.96. The first kappa shape index (κ1) is 21.3. The molecule has 1 amide bonds. The van der Waals surface area contributed by atoms with Crippen molar-refractivity contribution in [2.24, 2.45) is 0 Å². The standard InChI is InChI=1S/C17H13F4IN4O3/c18-12-5-9(22)1-2-13(12)24-15-10(16(28)25-29-4-3-27)6-11(17(19,20)21)14-7-23-8-26(14)15/h1-2,5-8,24,27H,3-4H2,(H,25,28). The number of pyridine rings is 1. The molecule has 1 aromatic carbocycles. The molecular formula is C17H13F4IN4O3. The van der Waals surface area contributed by atoms with Crippen molar-refractivity contribution in [3.8, 4) is 0 Å². The maximum atomic E-state index is 14.3. The van der Waals surface area contributed by atoms with Crippen LogP contribution in [0.25, 0.3) is 5.52 Å². The largest absolute Gasteiger partial charge is 0.418 e. The van der Waals surface area contributed by atoms with Gasteiger partial charge in [0, 0.05) is 3.57 Å². The van der Waals surface area contributed by atoms with Gasteiger partial charge in [-0.05, 0) is 46.9 Å². The van der Waals surface area contributed by atoms with E-state index in [0.717, 1.165) is 16.9 Å². The minimum absolute atomic E-state index is 0.0505. The van der Waals surface area contributed by atoms with Crippen LogP contribution in [0.5, 0.6) is 0 Å². The van der Waals surface area contributed by atoms with E-state index >= 15 is 0 Å². The molecule has 0 bridgehead atoms. The summed E-state index contributed by atoms with van der Waals surface area (Å²) in [5, 5.41) is 11.4. The predicted molar refractivity (Wildman–Crippen MR) is 103 cm³/mol. The number of rotatable bonds is 6. The quantitative estimate of drug-likeness (QED) is 0.199. The van der Waals surface area contributed by atoms with Crippen molar-refractivity contribution in [1.82, 2.24) is 14.9 Å². The molecule has 0 spiro atoms. The lowest BCUT2D eigenvalue weighted by atomic mass is 10.1. The molecule has 7 nitrogen and oxygen atoms in total. The summed E-state index contributed by atoms with van der Waals surface area (Å²) in [6.07, 6.45) is -2.71. The summed E-state index contributed by atoms with van der Waals surface area (Å²) >= 11 is 1.91. The average molecular weight is 524 g/mol. The van der Waals surface area contributed by atoms with Crippen LogP contribution >= 0.6 is 22.6 Å². The van der Waals surface area contributed by atoms with Gasteiger partial charge in [0.25, 0.3) is 5.91 Å². The zero-order valence-corrected chi connectivity index (χ0v) is 16.6. The van der Waals surface area contributed by atoms with Gasteiger partial charge in [0.2, 0.25) is 0 Å². The Morgan fingerprint density at radius 3 is 2.72 bits per heavy atom. The average Bonchev–Trinajstić information content (AvgIpc) is 3.12. The van der Waals surface area contributed by atoms with Gasteiger partial charge in [-0.25, -0.2) is 14.9 Å². The van der Waals surface area contributed by atoms with Gasteiger partial charge in [0.1, 0.15) is 18.0 Å². The number of nitrogens with one attached hydrogen (secondary N) is 2. The van der Waals surface area contributed by atoms with Gasteiger partial charge in [0.05, 0.1) is 41.7 Å². The van der Waals surface area contributed by atoms with Crippen molar-refractivity contribution in [2.75, 3.05) is 18.5 Å². The molecule has 2 aromatic heterocycles. The number of alkyl halides is 3. The van der Waals surface area contributed by atoms with E-state index < -0.39 is 35.6 Å². The highest BCUT2D eigenvalue weighted by atomic mass is 127. The monoisotopic (exact) mass is 524 g/mol. The van der Waals surface area contributed by atoms with Crippen molar-refractivity contribution in [1.29, 1.82) is 0 Å². The fourth-order valence-electron chi connectivity index (χ4n) is 2.55. The molecular weight excluding hydrogens is 511 g/mol. The Morgan fingerprint density at radius 1 is 1.31 bits per heavy atom. The van der Waals surface area contributed by atoms with Gasteiger partial charge in [-0.15, -0.1) is 0 Å². The molecule has 0 unspecified atom stereocenters. The minimum Gasteiger partial charge on any atom is -0.394 e. The number of amides is 1. The number of aliphatic hydroxyl groups excluding tert-OH is 1. The number of nitrogens with zero attached hydrogens (tertiary/aromatic N) is 2. The number of carbonyl (C=O) groups is 1. The molecule has 0 aliphatic rings. The second kappa shape index (κ2) is 8.51. The molecule has 3 rings (SSSR count). The van der Waals surface area contributed by atoms with Crippen molar-refractivity contribution in [3.63, 3.8) is 0 Å². The topological polar surface area (TPSA) is 87.9 Å². The zero-order chi connectivity index (χ0) is 21.2. The van der Waals surface area contributed by atoms with Gasteiger partial charge in [-0.3, -0.25) is 14.0 Å². The number of aliphatic hydroxyl groups is 1. The summed E-state index contributed by atoms with van der Waals surface area (Å²) in [7, 11) is 0. The van der Waals surface area contributed by atoms with Crippen molar-refractivity contribution in [2.45, 2.75) is 6.18 Å². The first-order chi connectivity index (χ1) is 13.7. The Morgan fingerprint density at radius 2 is 2.07 bits per heavy atom. The van der Waals surface area contributed by atoms with Crippen LogP contribution in [0.4, 0.5) is 29.1 Å². The third-order valence-electron chi connectivity index (χ3n) is 3.79. The van der Waals surface area contributed by atoms with Gasteiger partial charge in [-0.1, -0.05) is 0 Å². The van der Waals surface area contributed by atoms with Crippen molar-refractivity contribution < 1.29 is 32.3 Å². The Bertz CT molecular complexity index is 1060. The van der Waals surface area contributed by atoms with Crippen LogP contribution < -0.4 is 10.8 Å². The maximum Gasteiger partial charge on any atom is 0.418 e. The zero-order valence-electron chi connectivity index (χ0n) is 14.4. The van der Waals surface area contributed by atoms with E-state index in [1.165, 1.54) is 12.1 Å². The van der Waals surface area contributed by atoms with Crippen LogP contribution in [-0.4, -0.2) is 33.6 Å². The predicted octanol–water partition coefficient (Wildman–Crippen LogP) is 3.49. The Labute approximate surface area is 174 Å². The highest BCUT2D eigenvalue weighted by Crippen LogP contribution is 2.36. The summed E-state index contributed by atoms with van der Waals surface area (Å²) in [5.41, 5.74) is 0.0188. The van der Waals surface area contributed by atoms with Crippen LogP contribution in [0.2, 0.25) is 0 Å². The third-order valence-corrected chi connectivity index (χ3v) is 4.46. The third kappa shape index (κ3) is 4.59. The van der Waals surface area contributed by atoms with Crippen LogP contribution in [0.1, 0.15) is 15.9 Å². The molecule has 0 aliphatic heterocycles. The number of hydrogen-bond donors (Lipinski definition) is 3. The van der Waals surface area contributed by atoms with Crippen LogP contribution in [-0.2, 0) is 11.0 Å². The number of imidazole rings is 1. The number of fused-ring (bicyclic) bond motifs is 1. The Balaban J connectivity index is 2.16. The van der Waals surface area contributed by atoms with Crippen LogP contribution in [0.3, 0.4) is 0 Å². The van der Waals surface area contributed by atoms with E-state index in [9.17, 15) is 22.4 Å². The first-order valence-corrected chi connectivity index (χ1v) is 9.11. The smallest absolute Gasteiger partial charge is 0.394 e. The summed E-state index contributed by atoms with van der Waals surface area (Å²) in [6, 6.07) is 4.83. The van der Waals surface area contributed by atoms with E-state index in [1.54, 1.807) is 6.07 Å². The Kier molecular flexibility index (Phi) is 6.24. The van der Waals surface area contributed by atoms with Gasteiger partial charge >= 0.3 is 6.18 Å². The Hall–Kier alpha value is -2.45. The minimum atomic E-state index is -4.77. The number of anilines is 2. The summed E-state index contributed by atoms with van der Waals surface area (Å²) in [4.78, 5) is 20.9. The molecule has 0 fully saturated rings. The van der Waals surface area contributed by atoms with Crippen molar-refractivity contribution >= 4 is 45.5 Å².